The van der Waals surface area contributed by atoms with Crippen LogP contribution in [0.1, 0.15) is 79.1 Å². The number of hydrogen-bond acceptors (Lipinski definition) is 1. The molecule has 2 atom stereocenters. The highest BCUT2D eigenvalue weighted by molar-refractivity contribution is 6.71. The second kappa shape index (κ2) is 11.8. The van der Waals surface area contributed by atoms with Crippen LogP contribution in [0.25, 0.3) is 0 Å². The van der Waals surface area contributed by atoms with Gasteiger partial charge in [0.1, 0.15) is 0 Å². The molecule has 0 spiro atoms. The molecule has 0 amide bonds. The van der Waals surface area contributed by atoms with E-state index in [4.69, 9.17) is 0 Å². The number of rotatable bonds is 13. The van der Waals surface area contributed by atoms with Crippen LogP contribution in [0.4, 0.5) is 0 Å². The van der Waals surface area contributed by atoms with Gasteiger partial charge in [0, 0.05) is 0 Å². The van der Waals surface area contributed by atoms with Crippen LogP contribution < -0.4 is 10.5 Å². The largest absolute Gasteiger partial charge is 0.305 e. The van der Waals surface area contributed by atoms with Gasteiger partial charge in [0.15, 0.2) is 0 Å². The van der Waals surface area contributed by atoms with E-state index < -0.39 is 8.80 Å². The molecule has 1 N–H and O–H groups in total. The lowest BCUT2D eigenvalue weighted by Crippen LogP contribution is -2.41. The summed E-state index contributed by atoms with van der Waals surface area (Å²) in [6, 6.07) is 12.6. The molecule has 2 heteroatoms. The van der Waals surface area contributed by atoms with Crippen molar-refractivity contribution in [2.75, 3.05) is 6.54 Å². The first-order valence-electron chi connectivity index (χ1n) is 11.6. The smallest absolute Gasteiger partial charge is 0.0677 e. The molecular formula is C26H43NSi. The predicted molar refractivity (Wildman–Crippen MR) is 129 cm³/mol. The summed E-state index contributed by atoms with van der Waals surface area (Å²) in [5, 5.41) is 5.41. The lowest BCUT2D eigenvalue weighted by Gasteiger charge is -2.26. The average molecular weight is 398 g/mol. The zero-order valence-electron chi connectivity index (χ0n) is 19.1. The fraction of sp³-hybridized carbons (Fsp3) is 0.615. The summed E-state index contributed by atoms with van der Waals surface area (Å²) in [6.45, 7) is 12.7. The van der Waals surface area contributed by atoms with Crippen LogP contribution in [0.5, 0.6) is 0 Å². The molecular weight excluding hydrogens is 354 g/mol. The van der Waals surface area contributed by atoms with Gasteiger partial charge in [-0.3, -0.25) is 0 Å². The van der Waals surface area contributed by atoms with Gasteiger partial charge in [-0.05, 0) is 51.8 Å². The summed E-state index contributed by atoms with van der Waals surface area (Å²) in [7, 11) is -0.681. The van der Waals surface area contributed by atoms with Crippen molar-refractivity contribution in [3.8, 4) is 0 Å². The van der Waals surface area contributed by atoms with E-state index in [9.17, 15) is 0 Å². The Morgan fingerprint density at radius 2 is 1.39 bits per heavy atom. The van der Waals surface area contributed by atoms with Gasteiger partial charge in [0.2, 0.25) is 0 Å². The van der Waals surface area contributed by atoms with E-state index in [2.05, 4.69) is 76.0 Å². The highest BCUT2D eigenvalue weighted by Crippen LogP contribution is 2.33. The lowest BCUT2D eigenvalue weighted by molar-refractivity contribution is 0.478. The predicted octanol–water partition coefficient (Wildman–Crippen LogP) is 6.52. The van der Waals surface area contributed by atoms with Crippen molar-refractivity contribution >= 4 is 14.0 Å². The van der Waals surface area contributed by atoms with Crippen LogP contribution in [-0.2, 0) is 0 Å². The molecule has 0 radical (unpaired) electrons. The van der Waals surface area contributed by atoms with Gasteiger partial charge in [0.25, 0.3) is 0 Å². The summed E-state index contributed by atoms with van der Waals surface area (Å²) in [5.41, 5.74) is 4.49. The van der Waals surface area contributed by atoms with E-state index >= 15 is 0 Å². The van der Waals surface area contributed by atoms with Crippen LogP contribution in [-0.4, -0.2) is 20.9 Å². The number of allylic oxidation sites excluding steroid dienone is 2. The van der Waals surface area contributed by atoms with Gasteiger partial charge in [-0.1, -0.05) is 105 Å². The molecule has 0 heterocycles. The third-order valence-electron chi connectivity index (χ3n) is 6.86. The molecule has 0 saturated heterocycles. The molecule has 28 heavy (non-hydrogen) atoms. The molecule has 1 aromatic rings. The highest BCUT2D eigenvalue weighted by atomic mass is 28.3. The fourth-order valence-corrected chi connectivity index (χ4v) is 6.56. The Kier molecular flexibility index (Phi) is 9.74. The van der Waals surface area contributed by atoms with Crippen LogP contribution in [0, 0.1) is 0 Å². The second-order valence-corrected chi connectivity index (χ2v) is 12.2. The van der Waals surface area contributed by atoms with E-state index in [-0.39, 0.29) is 5.54 Å². The standard InChI is InChI=1S/C26H43NSi/c1-22-21-26(4,24(3)23(22)2)27-19-15-10-8-6-7-9-11-16-20-28(5)25-17-13-12-14-18-25/h12-14,17-18,21,27-28H,6-11,15-16,19-20H2,1-5H3. The van der Waals surface area contributed by atoms with Crippen molar-refractivity contribution in [2.24, 2.45) is 0 Å². The zero-order valence-corrected chi connectivity index (χ0v) is 20.3. The van der Waals surface area contributed by atoms with Gasteiger partial charge in [0.05, 0.1) is 14.3 Å². The maximum Gasteiger partial charge on any atom is 0.0677 e. The first-order chi connectivity index (χ1) is 13.4. The number of hydrogen-bond donors (Lipinski definition) is 1. The van der Waals surface area contributed by atoms with E-state index in [1.165, 1.54) is 74.1 Å². The Bertz CT molecular complexity index is 646. The molecule has 2 rings (SSSR count). The minimum atomic E-state index is -0.681. The third-order valence-corrected chi connectivity index (χ3v) is 9.66. The van der Waals surface area contributed by atoms with E-state index in [1.54, 1.807) is 5.19 Å². The summed E-state index contributed by atoms with van der Waals surface area (Å²) in [4.78, 5) is 0. The zero-order chi connectivity index (χ0) is 20.4. The van der Waals surface area contributed by atoms with Crippen molar-refractivity contribution in [3.63, 3.8) is 0 Å². The van der Waals surface area contributed by atoms with Crippen LogP contribution in [0.15, 0.2) is 53.1 Å². The third kappa shape index (κ3) is 7.04. The molecule has 1 nitrogen and oxygen atoms in total. The summed E-state index contributed by atoms with van der Waals surface area (Å²) in [5.74, 6) is 0. The quantitative estimate of drug-likeness (QED) is 0.295. The van der Waals surface area contributed by atoms with Gasteiger partial charge in [-0.15, -0.1) is 0 Å². The van der Waals surface area contributed by atoms with Crippen LogP contribution >= 0.6 is 0 Å². The van der Waals surface area contributed by atoms with Gasteiger partial charge in [-0.2, -0.15) is 0 Å². The van der Waals surface area contributed by atoms with Crippen LogP contribution in [0.3, 0.4) is 0 Å². The fourth-order valence-electron chi connectivity index (χ4n) is 4.45. The molecule has 2 unspecified atom stereocenters. The van der Waals surface area contributed by atoms with Gasteiger partial charge >= 0.3 is 0 Å². The summed E-state index contributed by atoms with van der Waals surface area (Å²) >= 11 is 0. The Hall–Kier alpha value is -1.12. The SMILES string of the molecule is CC1=CC(C)(NCCCCCCCCCC[SiH](C)c2ccccc2)C(C)=C1C. The molecule has 0 aromatic heterocycles. The molecule has 1 aliphatic carbocycles. The van der Waals surface area contributed by atoms with Gasteiger partial charge in [-0.25, -0.2) is 0 Å². The van der Waals surface area contributed by atoms with E-state index in [1.807, 2.05) is 0 Å². The first-order valence-corrected chi connectivity index (χ1v) is 14.2. The Morgan fingerprint density at radius 3 is 1.96 bits per heavy atom. The molecule has 1 aliphatic rings. The average Bonchev–Trinajstić information content (AvgIpc) is 2.89. The van der Waals surface area contributed by atoms with Gasteiger partial charge < -0.3 is 5.32 Å². The van der Waals surface area contributed by atoms with Crippen molar-refractivity contribution < 1.29 is 0 Å². The Balaban J connectivity index is 1.43. The monoisotopic (exact) mass is 397 g/mol. The number of benzene rings is 1. The highest BCUT2D eigenvalue weighted by Gasteiger charge is 2.29. The molecule has 0 saturated carbocycles. The number of unbranched alkanes of at least 4 members (excludes halogenated alkanes) is 7. The van der Waals surface area contributed by atoms with Crippen molar-refractivity contribution in [2.45, 2.75) is 97.2 Å². The molecule has 0 bridgehead atoms. The number of nitrogens with one attached hydrogen (secondary N) is 1. The molecule has 156 valence electrons. The normalized spacial score (nSPS) is 20.5. The Morgan fingerprint density at radius 1 is 0.821 bits per heavy atom. The molecule has 1 aromatic carbocycles. The minimum Gasteiger partial charge on any atom is -0.305 e. The molecule has 0 fully saturated rings. The van der Waals surface area contributed by atoms with E-state index in [0.717, 1.165) is 6.54 Å². The first kappa shape index (κ1) is 23.2. The summed E-state index contributed by atoms with van der Waals surface area (Å²) < 4.78 is 0. The minimum absolute atomic E-state index is 0.0916. The topological polar surface area (TPSA) is 12.0 Å². The van der Waals surface area contributed by atoms with Crippen molar-refractivity contribution in [1.29, 1.82) is 0 Å². The second-order valence-electron chi connectivity index (χ2n) is 9.14. The lowest BCUT2D eigenvalue weighted by atomic mass is 9.95. The summed E-state index contributed by atoms with van der Waals surface area (Å²) in [6.07, 6.45) is 13.6. The van der Waals surface area contributed by atoms with Crippen molar-refractivity contribution in [3.05, 3.63) is 53.1 Å². The van der Waals surface area contributed by atoms with Crippen molar-refractivity contribution in [1.82, 2.24) is 5.32 Å². The molecule has 0 aliphatic heterocycles. The van der Waals surface area contributed by atoms with E-state index in [0.29, 0.717) is 0 Å². The Labute approximate surface area is 176 Å². The van der Waals surface area contributed by atoms with Crippen LogP contribution in [0.2, 0.25) is 12.6 Å². The maximum absolute atomic E-state index is 3.78. The maximum atomic E-state index is 3.78.